The minimum atomic E-state index is -1.69. The summed E-state index contributed by atoms with van der Waals surface area (Å²) in [4.78, 5) is 24.0. The fraction of sp³-hybridized carbons (Fsp3) is 0.810. The summed E-state index contributed by atoms with van der Waals surface area (Å²) in [5.41, 5.74) is -1.84. The van der Waals surface area contributed by atoms with Crippen LogP contribution in [-0.2, 0) is 9.59 Å². The number of carbonyl (C=O) groups is 2. The number of carbonyl (C=O) groups excluding carboxylic acids is 2. The van der Waals surface area contributed by atoms with Gasteiger partial charge in [-0.1, -0.05) is 19.4 Å². The van der Waals surface area contributed by atoms with E-state index in [1.54, 1.807) is 13.0 Å². The van der Waals surface area contributed by atoms with Crippen molar-refractivity contribution in [3.05, 3.63) is 11.6 Å². The van der Waals surface area contributed by atoms with Crippen molar-refractivity contribution in [2.75, 3.05) is 0 Å². The molecule has 0 aromatic rings. The van der Waals surface area contributed by atoms with Crippen molar-refractivity contribution in [2.24, 2.45) is 28.6 Å². The summed E-state index contributed by atoms with van der Waals surface area (Å²) >= 11 is 0. The number of halogens is 1. The molecular weight excluding hydrogens is 319 g/mol. The number of allylic oxidation sites excluding steroid dienone is 1. The van der Waals surface area contributed by atoms with Crippen molar-refractivity contribution >= 4 is 11.6 Å². The van der Waals surface area contributed by atoms with E-state index in [0.29, 0.717) is 25.7 Å². The summed E-state index contributed by atoms with van der Waals surface area (Å²) in [7, 11) is 0. The molecule has 3 fully saturated rings. The molecule has 138 valence electrons. The fourth-order valence-corrected chi connectivity index (χ4v) is 7.24. The lowest BCUT2D eigenvalue weighted by Crippen LogP contribution is -2.67. The molecule has 0 aliphatic heterocycles. The second-order valence-corrected chi connectivity index (χ2v) is 9.45. The van der Waals surface area contributed by atoms with Gasteiger partial charge in [0.2, 0.25) is 0 Å². The van der Waals surface area contributed by atoms with Crippen LogP contribution < -0.4 is 0 Å². The van der Waals surface area contributed by atoms with Gasteiger partial charge in [-0.25, -0.2) is 4.39 Å². The summed E-state index contributed by atoms with van der Waals surface area (Å²) in [6.07, 6.45) is 4.88. The first-order chi connectivity index (χ1) is 11.6. The highest BCUT2D eigenvalue weighted by Gasteiger charge is 2.70. The third-order valence-electron chi connectivity index (χ3n) is 8.53. The van der Waals surface area contributed by atoms with E-state index in [1.165, 1.54) is 0 Å². The first-order valence-electron chi connectivity index (χ1n) is 9.76. The molecule has 0 aromatic carbocycles. The quantitative estimate of drug-likeness (QED) is 0.784. The molecule has 0 heterocycles. The van der Waals surface area contributed by atoms with E-state index in [2.05, 4.69) is 6.92 Å². The van der Waals surface area contributed by atoms with Crippen molar-refractivity contribution in [2.45, 2.75) is 77.5 Å². The Morgan fingerprint density at radius 3 is 2.60 bits per heavy atom. The maximum atomic E-state index is 16.7. The maximum absolute atomic E-state index is 16.7. The maximum Gasteiger partial charge on any atom is 0.155 e. The molecule has 4 rings (SSSR count). The summed E-state index contributed by atoms with van der Waals surface area (Å²) in [5.74, 6) is 0.123. The van der Waals surface area contributed by atoms with Gasteiger partial charge in [-0.15, -0.1) is 0 Å². The van der Waals surface area contributed by atoms with Gasteiger partial charge in [0.15, 0.2) is 5.78 Å². The minimum absolute atomic E-state index is 0.0608. The number of hydrogen-bond donors (Lipinski definition) is 1. The van der Waals surface area contributed by atoms with Gasteiger partial charge in [0.1, 0.15) is 11.5 Å². The Labute approximate surface area is 149 Å². The molecule has 7 atom stereocenters. The average molecular weight is 348 g/mol. The summed E-state index contributed by atoms with van der Waals surface area (Å²) < 4.78 is 16.7. The molecular formula is C21H29FO3. The van der Waals surface area contributed by atoms with Crippen LogP contribution in [0.2, 0.25) is 0 Å². The Balaban J connectivity index is 1.79. The molecule has 0 amide bonds. The molecule has 4 aliphatic rings. The fourth-order valence-electron chi connectivity index (χ4n) is 7.24. The van der Waals surface area contributed by atoms with Crippen molar-refractivity contribution in [3.63, 3.8) is 0 Å². The number of fused-ring (bicyclic) bond motifs is 5. The number of hydrogen-bond acceptors (Lipinski definition) is 3. The van der Waals surface area contributed by atoms with Gasteiger partial charge in [0, 0.05) is 23.7 Å². The lowest BCUT2D eigenvalue weighted by molar-refractivity contribution is -0.208. The molecule has 1 N–H and O–H groups in total. The molecule has 4 heteroatoms. The normalized spacial score (nSPS) is 52.0. The van der Waals surface area contributed by atoms with Gasteiger partial charge in [-0.3, -0.25) is 9.59 Å². The van der Waals surface area contributed by atoms with E-state index in [-0.39, 0.29) is 34.7 Å². The van der Waals surface area contributed by atoms with Gasteiger partial charge < -0.3 is 5.11 Å². The summed E-state index contributed by atoms with van der Waals surface area (Å²) in [6.45, 7) is 5.65. The van der Waals surface area contributed by atoms with Crippen molar-refractivity contribution < 1.29 is 19.1 Å². The van der Waals surface area contributed by atoms with Crippen molar-refractivity contribution in [1.29, 1.82) is 0 Å². The van der Waals surface area contributed by atoms with Gasteiger partial charge in [-0.2, -0.15) is 0 Å². The number of ketones is 2. The molecule has 0 spiro atoms. The first kappa shape index (κ1) is 17.4. The van der Waals surface area contributed by atoms with Crippen LogP contribution in [0.1, 0.15) is 65.7 Å². The van der Waals surface area contributed by atoms with Crippen LogP contribution >= 0.6 is 0 Å². The highest BCUT2D eigenvalue weighted by Crippen LogP contribution is 2.69. The van der Waals surface area contributed by atoms with E-state index in [4.69, 9.17) is 0 Å². The number of alkyl halides is 1. The average Bonchev–Trinajstić information content (AvgIpc) is 2.87. The lowest BCUT2D eigenvalue weighted by Gasteiger charge is -2.62. The van der Waals surface area contributed by atoms with E-state index in [0.717, 1.165) is 24.8 Å². The van der Waals surface area contributed by atoms with Crippen LogP contribution in [0.25, 0.3) is 0 Å². The van der Waals surface area contributed by atoms with E-state index in [1.807, 2.05) is 6.92 Å². The predicted molar refractivity (Wildman–Crippen MR) is 92.6 cm³/mol. The molecule has 0 bridgehead atoms. The molecule has 4 aliphatic carbocycles. The Morgan fingerprint density at radius 2 is 1.92 bits per heavy atom. The van der Waals surface area contributed by atoms with Crippen LogP contribution in [0, 0.1) is 28.6 Å². The van der Waals surface area contributed by atoms with E-state index >= 15 is 4.39 Å². The third kappa shape index (κ3) is 2.01. The van der Waals surface area contributed by atoms with E-state index in [9.17, 15) is 14.7 Å². The number of Topliss-reactive ketones (excluding diaryl/α,β-unsaturated/α-hetero) is 1. The van der Waals surface area contributed by atoms with Gasteiger partial charge in [0.05, 0.1) is 6.10 Å². The monoisotopic (exact) mass is 348 g/mol. The zero-order valence-corrected chi connectivity index (χ0v) is 15.5. The first-order valence-corrected chi connectivity index (χ1v) is 9.76. The molecule has 0 radical (unpaired) electrons. The van der Waals surface area contributed by atoms with Crippen LogP contribution in [-0.4, -0.2) is 28.4 Å². The van der Waals surface area contributed by atoms with Crippen molar-refractivity contribution in [1.82, 2.24) is 0 Å². The molecule has 0 aromatic heterocycles. The SMILES string of the molecule is CC(=O)C1CCC2C3CCC4=CC(=O)CC[C@]4(C)[C@@]3(F)C(O)C[C@]12C. The second kappa shape index (κ2) is 5.25. The van der Waals surface area contributed by atoms with Crippen LogP contribution in [0.15, 0.2) is 11.6 Å². The van der Waals surface area contributed by atoms with E-state index < -0.39 is 17.2 Å². The third-order valence-corrected chi connectivity index (χ3v) is 8.53. The molecule has 25 heavy (non-hydrogen) atoms. The standard InChI is InChI=1S/C21H29FO3/c1-12(23)15-6-7-16-17-5-4-13-10-14(24)8-9-20(13,3)21(17,22)18(25)11-19(15,16)2/h10,15-18,25H,4-9,11H2,1-3H3/t15?,16?,17?,18?,19-,20+,21+/m1/s1. The second-order valence-electron chi connectivity index (χ2n) is 9.45. The van der Waals surface area contributed by atoms with Crippen LogP contribution in [0.5, 0.6) is 0 Å². The molecule has 3 saturated carbocycles. The summed E-state index contributed by atoms with van der Waals surface area (Å²) in [6, 6.07) is 0. The Hall–Kier alpha value is -1.03. The smallest absolute Gasteiger partial charge is 0.155 e. The highest BCUT2D eigenvalue weighted by atomic mass is 19.1. The topological polar surface area (TPSA) is 54.4 Å². The predicted octanol–water partition coefficient (Wildman–Crippen LogP) is 3.79. The number of aliphatic hydroxyl groups is 1. The zero-order valence-electron chi connectivity index (χ0n) is 15.5. The highest BCUT2D eigenvalue weighted by molar-refractivity contribution is 5.91. The Morgan fingerprint density at radius 1 is 1.20 bits per heavy atom. The number of rotatable bonds is 1. The van der Waals surface area contributed by atoms with Crippen LogP contribution in [0.3, 0.4) is 0 Å². The molecule has 0 saturated heterocycles. The lowest BCUT2D eigenvalue weighted by atomic mass is 9.44. The van der Waals surface area contributed by atoms with Crippen molar-refractivity contribution in [3.8, 4) is 0 Å². The minimum Gasteiger partial charge on any atom is -0.390 e. The Bertz CT molecular complexity index is 670. The van der Waals surface area contributed by atoms with Gasteiger partial charge in [-0.05, 0) is 62.9 Å². The summed E-state index contributed by atoms with van der Waals surface area (Å²) in [5, 5.41) is 11.0. The largest absolute Gasteiger partial charge is 0.390 e. The number of aliphatic hydroxyl groups excluding tert-OH is 1. The van der Waals surface area contributed by atoms with Gasteiger partial charge >= 0.3 is 0 Å². The van der Waals surface area contributed by atoms with Gasteiger partial charge in [0.25, 0.3) is 0 Å². The molecule has 4 unspecified atom stereocenters. The zero-order chi connectivity index (χ0) is 18.2. The molecule has 3 nitrogen and oxygen atoms in total. The Kier molecular flexibility index (Phi) is 3.65. The van der Waals surface area contributed by atoms with Crippen LogP contribution in [0.4, 0.5) is 4.39 Å².